The second-order valence-corrected chi connectivity index (χ2v) is 13.6. The molecule has 0 bridgehead atoms. The average molecular weight is 580 g/mol. The van der Waals surface area contributed by atoms with Crippen LogP contribution in [0.3, 0.4) is 0 Å². The third kappa shape index (κ3) is 7.82. The Kier molecular flexibility index (Phi) is 9.81. The molecule has 0 fully saturated rings. The maximum atomic E-state index is 13.2. The number of fused-ring (bicyclic) bond motifs is 3. The fourth-order valence-corrected chi connectivity index (χ4v) is 6.87. The van der Waals surface area contributed by atoms with E-state index < -0.39 is 30.2 Å². The molecule has 0 spiro atoms. The number of hydrogen-bond donors (Lipinski definition) is 2. The minimum Gasteiger partial charge on any atom is -0.478 e. The number of aliphatic carboxylic acids is 1. The van der Waals surface area contributed by atoms with Crippen molar-refractivity contribution in [3.8, 4) is 11.1 Å². The monoisotopic (exact) mass is 579 g/mol. The van der Waals surface area contributed by atoms with E-state index in [4.69, 9.17) is 9.47 Å². The molecule has 40 heavy (non-hydrogen) atoms. The zero-order valence-corrected chi connectivity index (χ0v) is 24.3. The lowest BCUT2D eigenvalue weighted by molar-refractivity contribution is -0.163. The second-order valence-electron chi connectivity index (χ2n) is 10.5. The fraction of sp³-hybridized carbons (Fsp3) is 0.323. The first-order valence-corrected chi connectivity index (χ1v) is 15.3. The Bertz CT molecular complexity index is 1300. The predicted molar refractivity (Wildman–Crippen MR) is 159 cm³/mol. The molecule has 0 heterocycles. The van der Waals surface area contributed by atoms with Crippen molar-refractivity contribution in [2.45, 2.75) is 50.0 Å². The lowest BCUT2D eigenvalue weighted by atomic mass is 9.98. The van der Waals surface area contributed by atoms with Crippen LogP contribution < -0.4 is 5.32 Å². The van der Waals surface area contributed by atoms with Gasteiger partial charge in [-0.15, -0.1) is 0 Å². The van der Waals surface area contributed by atoms with Gasteiger partial charge in [0.15, 0.2) is 0 Å². The smallest absolute Gasteiger partial charge is 0.407 e. The zero-order chi connectivity index (χ0) is 28.7. The molecular formula is C31H33NO6S2. The molecule has 0 saturated heterocycles. The number of alkyl carbamates (subject to hydrolysis) is 1. The van der Waals surface area contributed by atoms with Crippen LogP contribution in [-0.4, -0.2) is 52.4 Å². The van der Waals surface area contributed by atoms with E-state index in [1.165, 1.54) is 21.6 Å². The lowest BCUT2D eigenvalue weighted by Gasteiger charge is -2.22. The number of ether oxygens (including phenoxy) is 2. The molecule has 1 unspecified atom stereocenters. The summed E-state index contributed by atoms with van der Waals surface area (Å²) in [4.78, 5) is 38.0. The Morgan fingerprint density at radius 3 is 2.05 bits per heavy atom. The van der Waals surface area contributed by atoms with Gasteiger partial charge in [0.05, 0.1) is 5.75 Å². The van der Waals surface area contributed by atoms with E-state index in [1.54, 1.807) is 0 Å². The molecule has 7 nitrogen and oxygen atoms in total. The number of benzene rings is 3. The van der Waals surface area contributed by atoms with Crippen LogP contribution in [-0.2, 0) is 25.5 Å². The molecule has 4 rings (SSSR count). The van der Waals surface area contributed by atoms with Gasteiger partial charge in [0.1, 0.15) is 12.6 Å². The van der Waals surface area contributed by atoms with Crippen LogP contribution in [0.1, 0.15) is 43.4 Å². The molecule has 1 aliphatic carbocycles. The van der Waals surface area contributed by atoms with Gasteiger partial charge >= 0.3 is 18.0 Å². The van der Waals surface area contributed by atoms with Gasteiger partial charge in [-0.3, -0.25) is 0 Å². The molecule has 9 heteroatoms. The highest BCUT2D eigenvalue weighted by Crippen LogP contribution is 2.44. The van der Waals surface area contributed by atoms with Crippen molar-refractivity contribution in [3.05, 3.63) is 95.6 Å². The molecule has 1 aliphatic rings. The highest BCUT2D eigenvalue weighted by Gasteiger charge is 2.32. The number of amides is 1. The number of carboxylic acid groups (broad SMARTS) is 1. The summed E-state index contributed by atoms with van der Waals surface area (Å²) in [5.41, 5.74) is 5.16. The molecule has 0 radical (unpaired) electrons. The summed E-state index contributed by atoms with van der Waals surface area (Å²) in [6, 6.07) is 24.1. The van der Waals surface area contributed by atoms with Crippen molar-refractivity contribution >= 4 is 39.6 Å². The molecule has 0 saturated carbocycles. The third-order valence-corrected chi connectivity index (χ3v) is 9.58. The van der Waals surface area contributed by atoms with E-state index in [0.29, 0.717) is 0 Å². The highest BCUT2D eigenvalue weighted by molar-refractivity contribution is 8.77. The van der Waals surface area contributed by atoms with Crippen LogP contribution >= 0.6 is 21.6 Å². The minimum absolute atomic E-state index is 0.0754. The Morgan fingerprint density at radius 2 is 1.48 bits per heavy atom. The summed E-state index contributed by atoms with van der Waals surface area (Å²) in [6.07, 6.45) is -2.00. The standard InChI is InChI=1S/C31H33NO6S2/c1-31(2,3)40-39-19-27(28(33)34)38-29(35)26(17-20-11-5-4-6-12-20)32-30(36)37-18-25-23-15-9-7-13-21(23)22-14-8-10-16-24(22)25/h4-16,25-27H,17-19H2,1-3H3,(H,32,36)(H,33,34)/t26-,27?/m0/s1. The van der Waals surface area contributed by atoms with Crippen molar-refractivity contribution in [1.82, 2.24) is 5.32 Å². The van der Waals surface area contributed by atoms with Crippen LogP contribution in [0.5, 0.6) is 0 Å². The fourth-order valence-electron chi connectivity index (χ4n) is 4.48. The SMILES string of the molecule is CC(C)(C)SSCC(OC(=O)[C@H](Cc1ccccc1)NC(=O)OCC1c2ccccc2-c2ccccc21)C(=O)O. The molecule has 1 amide bonds. The van der Waals surface area contributed by atoms with Crippen LogP contribution in [0.4, 0.5) is 4.79 Å². The van der Waals surface area contributed by atoms with Gasteiger partial charge in [0.2, 0.25) is 6.10 Å². The topological polar surface area (TPSA) is 102 Å². The number of hydrogen-bond acceptors (Lipinski definition) is 7. The summed E-state index contributed by atoms with van der Waals surface area (Å²) < 4.78 is 10.9. The predicted octanol–water partition coefficient (Wildman–Crippen LogP) is 6.31. The van der Waals surface area contributed by atoms with Crippen molar-refractivity contribution in [2.75, 3.05) is 12.4 Å². The van der Waals surface area contributed by atoms with E-state index in [2.05, 4.69) is 17.4 Å². The zero-order valence-electron chi connectivity index (χ0n) is 22.7. The normalized spacial score (nSPS) is 14.0. The van der Waals surface area contributed by atoms with Gasteiger partial charge in [-0.25, -0.2) is 14.4 Å². The van der Waals surface area contributed by atoms with Crippen molar-refractivity contribution in [2.24, 2.45) is 0 Å². The van der Waals surface area contributed by atoms with Crippen LogP contribution in [0.15, 0.2) is 78.9 Å². The first-order chi connectivity index (χ1) is 19.1. The first kappa shape index (κ1) is 29.6. The number of carbonyl (C=O) groups excluding carboxylic acids is 2. The molecule has 0 aliphatic heterocycles. The van der Waals surface area contributed by atoms with Gasteiger partial charge in [-0.05, 0) is 27.8 Å². The van der Waals surface area contributed by atoms with E-state index in [-0.39, 0.29) is 29.4 Å². The number of esters is 1. The highest BCUT2D eigenvalue weighted by atomic mass is 33.1. The maximum absolute atomic E-state index is 13.2. The molecule has 3 aromatic rings. The molecule has 0 aromatic heterocycles. The number of carbonyl (C=O) groups is 3. The van der Waals surface area contributed by atoms with Crippen LogP contribution in [0.2, 0.25) is 0 Å². The maximum Gasteiger partial charge on any atom is 0.407 e. The van der Waals surface area contributed by atoms with Gasteiger partial charge < -0.3 is 19.9 Å². The minimum atomic E-state index is -1.35. The molecule has 210 valence electrons. The summed E-state index contributed by atoms with van der Waals surface area (Å²) in [5, 5.41) is 12.3. The third-order valence-electron chi connectivity index (χ3n) is 6.27. The lowest BCUT2D eigenvalue weighted by Crippen LogP contribution is -2.46. The second kappa shape index (κ2) is 13.3. The van der Waals surface area contributed by atoms with Gasteiger partial charge in [-0.2, -0.15) is 0 Å². The Morgan fingerprint density at radius 1 is 0.900 bits per heavy atom. The number of rotatable bonds is 11. The van der Waals surface area contributed by atoms with Crippen LogP contribution in [0.25, 0.3) is 11.1 Å². The number of carboxylic acids is 1. The summed E-state index contributed by atoms with van der Waals surface area (Å²) in [6.45, 7) is 6.13. The Hall–Kier alpha value is -3.43. The van der Waals surface area contributed by atoms with E-state index in [9.17, 15) is 19.5 Å². The van der Waals surface area contributed by atoms with E-state index >= 15 is 0 Å². The van der Waals surface area contributed by atoms with Gasteiger partial charge in [0, 0.05) is 17.1 Å². The molecular weight excluding hydrogens is 546 g/mol. The summed E-state index contributed by atoms with van der Waals surface area (Å²) >= 11 is 0. The van der Waals surface area contributed by atoms with Gasteiger partial charge in [0.25, 0.3) is 0 Å². The summed E-state index contributed by atoms with van der Waals surface area (Å²) in [7, 11) is 2.84. The average Bonchev–Trinajstić information content (AvgIpc) is 3.24. The first-order valence-electron chi connectivity index (χ1n) is 13.0. The molecule has 2 atom stereocenters. The van der Waals surface area contributed by atoms with Crippen molar-refractivity contribution in [1.29, 1.82) is 0 Å². The van der Waals surface area contributed by atoms with E-state index in [1.807, 2.05) is 87.5 Å². The molecule has 3 aromatic carbocycles. The Labute approximate surface area is 242 Å². The molecule has 2 N–H and O–H groups in total. The quantitative estimate of drug-likeness (QED) is 0.201. The largest absolute Gasteiger partial charge is 0.478 e. The van der Waals surface area contributed by atoms with Crippen molar-refractivity contribution < 1.29 is 29.0 Å². The Balaban J connectivity index is 1.43. The van der Waals surface area contributed by atoms with E-state index in [0.717, 1.165) is 27.8 Å². The van der Waals surface area contributed by atoms with Crippen molar-refractivity contribution in [3.63, 3.8) is 0 Å². The number of nitrogens with one attached hydrogen (secondary N) is 1. The van der Waals surface area contributed by atoms with Gasteiger partial charge in [-0.1, -0.05) is 121 Å². The van der Waals surface area contributed by atoms with Crippen LogP contribution in [0, 0.1) is 0 Å². The summed E-state index contributed by atoms with van der Waals surface area (Å²) in [5.74, 6) is -2.13.